The van der Waals surface area contributed by atoms with Gasteiger partial charge in [0, 0.05) is 13.1 Å². The standard InChI is InChI=1S/C16H20F3NO4/c1-11(2)10-23-13-5-3-4-12(8-13)9-20-7-6-14(21)24-15(22)16(17,18)19/h3-5,8,11,20H,6-7,9-10H2,1-2H3. The lowest BCUT2D eigenvalue weighted by atomic mass is 10.2. The van der Waals surface area contributed by atoms with E-state index in [1.807, 2.05) is 38.1 Å². The molecule has 0 aliphatic rings. The maximum atomic E-state index is 11.9. The highest BCUT2D eigenvalue weighted by atomic mass is 19.4. The molecule has 0 aliphatic heterocycles. The van der Waals surface area contributed by atoms with E-state index in [0.29, 0.717) is 19.1 Å². The maximum Gasteiger partial charge on any atom is 0.491 e. The summed E-state index contributed by atoms with van der Waals surface area (Å²) in [6, 6.07) is 7.33. The Hall–Kier alpha value is -2.09. The van der Waals surface area contributed by atoms with Crippen LogP contribution in [0, 0.1) is 5.92 Å². The summed E-state index contributed by atoms with van der Waals surface area (Å²) in [5.41, 5.74) is 0.899. The van der Waals surface area contributed by atoms with Gasteiger partial charge < -0.3 is 14.8 Å². The number of ether oxygens (including phenoxy) is 2. The molecule has 24 heavy (non-hydrogen) atoms. The summed E-state index contributed by atoms with van der Waals surface area (Å²) in [7, 11) is 0. The number of carbonyl (C=O) groups is 2. The first-order valence-electron chi connectivity index (χ1n) is 7.42. The Morgan fingerprint density at radius 1 is 1.25 bits per heavy atom. The van der Waals surface area contributed by atoms with E-state index >= 15 is 0 Å². The molecule has 8 heteroatoms. The fourth-order valence-corrected chi connectivity index (χ4v) is 1.64. The zero-order chi connectivity index (χ0) is 18.2. The van der Waals surface area contributed by atoms with Crippen molar-refractivity contribution >= 4 is 11.9 Å². The Labute approximate surface area is 138 Å². The second-order valence-corrected chi connectivity index (χ2v) is 5.54. The minimum atomic E-state index is -5.17. The van der Waals surface area contributed by atoms with Gasteiger partial charge in [0.25, 0.3) is 0 Å². The molecule has 5 nitrogen and oxygen atoms in total. The molecule has 1 aromatic carbocycles. The van der Waals surface area contributed by atoms with Gasteiger partial charge in [-0.15, -0.1) is 0 Å². The van der Waals surface area contributed by atoms with Gasteiger partial charge >= 0.3 is 18.1 Å². The first kappa shape index (κ1) is 20.0. The number of carbonyl (C=O) groups excluding carboxylic acids is 2. The van der Waals surface area contributed by atoms with E-state index < -0.39 is 18.1 Å². The average Bonchev–Trinajstić information content (AvgIpc) is 2.49. The van der Waals surface area contributed by atoms with Crippen molar-refractivity contribution < 1.29 is 32.2 Å². The van der Waals surface area contributed by atoms with Crippen LogP contribution in [0.5, 0.6) is 5.75 Å². The number of benzene rings is 1. The molecule has 0 fully saturated rings. The summed E-state index contributed by atoms with van der Waals surface area (Å²) in [4.78, 5) is 21.6. The minimum absolute atomic E-state index is 0.0844. The largest absolute Gasteiger partial charge is 0.493 e. The molecule has 0 unspecified atom stereocenters. The molecule has 1 rings (SSSR count). The SMILES string of the molecule is CC(C)COc1cccc(CNCCC(=O)OC(=O)C(F)(F)F)c1. The van der Waals surface area contributed by atoms with Gasteiger partial charge in [-0.2, -0.15) is 13.2 Å². The molecule has 0 aliphatic carbocycles. The molecule has 1 aromatic rings. The lowest BCUT2D eigenvalue weighted by molar-refractivity contribution is -0.201. The summed E-state index contributed by atoms with van der Waals surface area (Å²) < 4.78 is 45.0. The fraction of sp³-hybridized carbons (Fsp3) is 0.500. The summed E-state index contributed by atoms with van der Waals surface area (Å²) in [6.45, 7) is 5.15. The van der Waals surface area contributed by atoms with E-state index in [0.717, 1.165) is 11.3 Å². The number of halogens is 3. The summed E-state index contributed by atoms with van der Waals surface area (Å²) >= 11 is 0. The van der Waals surface area contributed by atoms with E-state index in [4.69, 9.17) is 4.74 Å². The van der Waals surface area contributed by atoms with Crippen molar-refractivity contribution in [2.75, 3.05) is 13.2 Å². The third-order valence-electron chi connectivity index (χ3n) is 2.75. The zero-order valence-electron chi connectivity index (χ0n) is 13.5. The third-order valence-corrected chi connectivity index (χ3v) is 2.75. The Bertz CT molecular complexity index is 558. The quantitative estimate of drug-likeness (QED) is 0.445. The predicted molar refractivity (Wildman–Crippen MR) is 80.3 cm³/mol. The highest BCUT2D eigenvalue weighted by Gasteiger charge is 2.42. The van der Waals surface area contributed by atoms with Crippen LogP contribution in [0.2, 0.25) is 0 Å². The van der Waals surface area contributed by atoms with Crippen LogP contribution in [0.3, 0.4) is 0 Å². The lowest BCUT2D eigenvalue weighted by Gasteiger charge is -2.10. The molecule has 134 valence electrons. The monoisotopic (exact) mass is 347 g/mol. The number of hydrogen-bond donors (Lipinski definition) is 1. The van der Waals surface area contributed by atoms with Gasteiger partial charge in [0.2, 0.25) is 0 Å². The molecule has 1 N–H and O–H groups in total. The van der Waals surface area contributed by atoms with Crippen LogP contribution in [0.1, 0.15) is 25.8 Å². The Balaban J connectivity index is 2.31. The van der Waals surface area contributed by atoms with Crippen LogP contribution in [0.15, 0.2) is 24.3 Å². The molecule has 0 atom stereocenters. The Morgan fingerprint density at radius 2 is 1.96 bits per heavy atom. The number of rotatable bonds is 8. The normalized spacial score (nSPS) is 11.4. The highest BCUT2D eigenvalue weighted by Crippen LogP contribution is 2.17. The van der Waals surface area contributed by atoms with Gasteiger partial charge in [0.15, 0.2) is 0 Å². The predicted octanol–water partition coefficient (Wildman–Crippen LogP) is 2.83. The van der Waals surface area contributed by atoms with E-state index in [1.165, 1.54) is 0 Å². The molecule has 0 spiro atoms. The van der Waals surface area contributed by atoms with Gasteiger partial charge in [-0.05, 0) is 23.6 Å². The summed E-state index contributed by atoms with van der Waals surface area (Å²) in [6.07, 6.45) is -5.51. The van der Waals surface area contributed by atoms with Gasteiger partial charge in [0.05, 0.1) is 13.0 Å². The lowest BCUT2D eigenvalue weighted by Crippen LogP contribution is -2.29. The van der Waals surface area contributed by atoms with Crippen molar-refractivity contribution in [2.24, 2.45) is 5.92 Å². The second kappa shape index (κ2) is 9.27. The highest BCUT2D eigenvalue weighted by molar-refractivity contribution is 5.88. The number of esters is 2. The van der Waals surface area contributed by atoms with Crippen LogP contribution in [0.4, 0.5) is 13.2 Å². The number of nitrogens with one attached hydrogen (secondary N) is 1. The van der Waals surface area contributed by atoms with Crippen molar-refractivity contribution in [3.8, 4) is 5.75 Å². The molecule has 0 radical (unpaired) electrons. The van der Waals surface area contributed by atoms with Crippen molar-refractivity contribution in [1.29, 1.82) is 0 Å². The molecule has 0 saturated carbocycles. The van der Waals surface area contributed by atoms with Crippen molar-refractivity contribution in [3.05, 3.63) is 29.8 Å². The van der Waals surface area contributed by atoms with Crippen LogP contribution in [0.25, 0.3) is 0 Å². The Kier molecular flexibility index (Phi) is 7.70. The van der Waals surface area contributed by atoms with Gasteiger partial charge in [0.1, 0.15) is 5.75 Å². The van der Waals surface area contributed by atoms with E-state index in [9.17, 15) is 22.8 Å². The van der Waals surface area contributed by atoms with Gasteiger partial charge in [-0.1, -0.05) is 26.0 Å². The van der Waals surface area contributed by atoms with E-state index in [-0.39, 0.29) is 13.0 Å². The fourth-order valence-electron chi connectivity index (χ4n) is 1.64. The van der Waals surface area contributed by atoms with Crippen LogP contribution in [-0.2, 0) is 20.9 Å². The first-order valence-corrected chi connectivity index (χ1v) is 7.42. The third kappa shape index (κ3) is 7.96. The molecular weight excluding hydrogens is 327 g/mol. The first-order chi connectivity index (χ1) is 11.2. The Morgan fingerprint density at radius 3 is 2.58 bits per heavy atom. The number of hydrogen-bond acceptors (Lipinski definition) is 5. The van der Waals surface area contributed by atoms with Gasteiger partial charge in [-0.3, -0.25) is 4.79 Å². The van der Waals surface area contributed by atoms with Crippen LogP contribution in [-0.4, -0.2) is 31.3 Å². The molecule has 0 saturated heterocycles. The summed E-state index contributed by atoms with van der Waals surface area (Å²) in [5.74, 6) is -2.60. The van der Waals surface area contributed by atoms with Crippen molar-refractivity contribution in [1.82, 2.24) is 5.32 Å². The summed E-state index contributed by atoms with van der Waals surface area (Å²) in [5, 5.41) is 2.89. The average molecular weight is 347 g/mol. The van der Waals surface area contributed by atoms with E-state index in [2.05, 4.69) is 10.1 Å². The van der Waals surface area contributed by atoms with Gasteiger partial charge in [-0.25, -0.2) is 4.79 Å². The second-order valence-electron chi connectivity index (χ2n) is 5.54. The van der Waals surface area contributed by atoms with Crippen molar-refractivity contribution in [2.45, 2.75) is 33.0 Å². The molecule has 0 amide bonds. The topological polar surface area (TPSA) is 64.6 Å². The molecule has 0 aromatic heterocycles. The van der Waals surface area contributed by atoms with Crippen LogP contribution < -0.4 is 10.1 Å². The smallest absolute Gasteiger partial charge is 0.491 e. The number of alkyl halides is 3. The molecule has 0 heterocycles. The molecular formula is C16H20F3NO4. The van der Waals surface area contributed by atoms with E-state index in [1.54, 1.807) is 0 Å². The zero-order valence-corrected chi connectivity index (χ0v) is 13.5. The minimum Gasteiger partial charge on any atom is -0.493 e. The maximum absolute atomic E-state index is 11.9. The molecule has 0 bridgehead atoms. The van der Waals surface area contributed by atoms with Crippen molar-refractivity contribution in [3.63, 3.8) is 0 Å². The van der Waals surface area contributed by atoms with Crippen LogP contribution >= 0.6 is 0 Å².